The zero-order chi connectivity index (χ0) is 21.4. The van der Waals surface area contributed by atoms with E-state index in [1.807, 2.05) is 24.3 Å². The normalized spacial score (nSPS) is 24.7. The molecule has 3 heterocycles. The van der Waals surface area contributed by atoms with Gasteiger partial charge in [0.25, 0.3) is 5.56 Å². The van der Waals surface area contributed by atoms with Gasteiger partial charge in [0.1, 0.15) is 17.9 Å². The minimum Gasteiger partial charge on any atom is -0.469 e. The molecule has 0 aliphatic heterocycles. The van der Waals surface area contributed by atoms with Crippen molar-refractivity contribution in [3.63, 3.8) is 0 Å². The van der Waals surface area contributed by atoms with Crippen LogP contribution in [0.3, 0.4) is 0 Å². The Balaban J connectivity index is 1.43. The monoisotopic (exact) mass is 448 g/mol. The number of carbonyl (C=O) groups is 2. The number of hydrogen-bond acceptors (Lipinski definition) is 6. The summed E-state index contributed by atoms with van der Waals surface area (Å²) in [7, 11) is 1.38. The van der Waals surface area contributed by atoms with Crippen LogP contribution in [-0.2, 0) is 20.9 Å². The summed E-state index contributed by atoms with van der Waals surface area (Å²) in [6.07, 6.45) is 1.77. The topological polar surface area (TPSA) is 94.7 Å². The van der Waals surface area contributed by atoms with Crippen molar-refractivity contribution in [1.82, 2.24) is 19.5 Å². The lowest BCUT2D eigenvalue weighted by atomic mass is 9.39. The van der Waals surface area contributed by atoms with E-state index in [-0.39, 0.29) is 35.4 Å². The predicted octanol–water partition coefficient (Wildman–Crippen LogP) is 2.70. The highest BCUT2D eigenvalue weighted by Gasteiger charge is 2.73. The summed E-state index contributed by atoms with van der Waals surface area (Å²) >= 11 is 7.55. The molecule has 0 spiro atoms. The van der Waals surface area contributed by atoms with Crippen LogP contribution >= 0.6 is 22.9 Å². The largest absolute Gasteiger partial charge is 0.469 e. The maximum absolute atomic E-state index is 13.0. The Morgan fingerprint density at radius 3 is 2.63 bits per heavy atom. The van der Waals surface area contributed by atoms with Crippen LogP contribution < -0.4 is 10.9 Å². The molecule has 3 fully saturated rings. The maximum atomic E-state index is 13.0. The van der Waals surface area contributed by atoms with Gasteiger partial charge in [-0.3, -0.25) is 18.8 Å². The van der Waals surface area contributed by atoms with Crippen molar-refractivity contribution < 1.29 is 14.3 Å². The molecule has 3 saturated carbocycles. The lowest BCUT2D eigenvalue weighted by molar-refractivity contribution is -0.203. The van der Waals surface area contributed by atoms with Gasteiger partial charge < -0.3 is 10.1 Å². The van der Waals surface area contributed by atoms with E-state index < -0.39 is 5.41 Å². The molecular formula is C20H21ClN4O4S. The van der Waals surface area contributed by atoms with Crippen LogP contribution in [0.2, 0.25) is 4.34 Å². The van der Waals surface area contributed by atoms with Crippen LogP contribution in [0.5, 0.6) is 0 Å². The van der Waals surface area contributed by atoms with E-state index >= 15 is 0 Å². The molecule has 3 aromatic rings. The first-order valence-corrected chi connectivity index (χ1v) is 11.0. The number of amides is 1. The maximum Gasteiger partial charge on any atom is 0.312 e. The average molecular weight is 449 g/mol. The van der Waals surface area contributed by atoms with Gasteiger partial charge in [0, 0.05) is 11.5 Å². The van der Waals surface area contributed by atoms with Crippen molar-refractivity contribution >= 4 is 50.5 Å². The highest BCUT2D eigenvalue weighted by molar-refractivity contribution is 7.22. The minimum absolute atomic E-state index is 0.0363. The molecule has 8 nitrogen and oxygen atoms in total. The van der Waals surface area contributed by atoms with E-state index in [1.165, 1.54) is 23.1 Å². The summed E-state index contributed by atoms with van der Waals surface area (Å²) in [4.78, 5) is 37.5. The average Bonchev–Trinajstić information content (AvgIpc) is 3.14. The number of aromatic nitrogens is 3. The second-order valence-electron chi connectivity index (χ2n) is 8.77. The van der Waals surface area contributed by atoms with Crippen LogP contribution in [0.1, 0.15) is 44.9 Å². The molecule has 10 heteroatoms. The number of rotatable bonds is 5. The second kappa shape index (κ2) is 6.31. The van der Waals surface area contributed by atoms with E-state index in [2.05, 4.69) is 10.4 Å². The standard InChI is InChI=1S/C20H21ClN4O4S/c1-10(2)16-23-24(17(27)12-4-13-11(25(12)16)5-14(21)30-13)6-15(26)22-20-7-19(8-20,9-20)18(28)29-3/h4-5,10H,6-9H2,1-3H3,(H,22,26). The molecule has 1 N–H and O–H groups in total. The van der Waals surface area contributed by atoms with Crippen LogP contribution in [-0.4, -0.2) is 38.7 Å². The third kappa shape index (κ3) is 2.64. The van der Waals surface area contributed by atoms with Gasteiger partial charge in [0.2, 0.25) is 5.91 Å². The Morgan fingerprint density at radius 2 is 2.00 bits per heavy atom. The van der Waals surface area contributed by atoms with E-state index in [0.29, 0.717) is 34.9 Å². The summed E-state index contributed by atoms with van der Waals surface area (Å²) in [6, 6.07) is 3.63. The van der Waals surface area contributed by atoms with Crippen molar-refractivity contribution in [2.75, 3.05) is 7.11 Å². The Kier molecular flexibility index (Phi) is 4.11. The van der Waals surface area contributed by atoms with Crippen molar-refractivity contribution in [2.24, 2.45) is 5.41 Å². The minimum atomic E-state index is -0.431. The number of thiophene rings is 1. The zero-order valence-electron chi connectivity index (χ0n) is 16.8. The summed E-state index contributed by atoms with van der Waals surface area (Å²) in [5.74, 6) is 0.237. The van der Waals surface area contributed by atoms with Gasteiger partial charge in [-0.1, -0.05) is 25.4 Å². The molecule has 0 unspecified atom stereocenters. The number of nitrogens with zero attached hydrogens (tertiary/aromatic N) is 3. The SMILES string of the molecule is COC(=O)C12CC(NC(=O)Cn3nc(C(C)C)n4c(cc5sc(Cl)cc54)c3=O)(C1)C2. The van der Waals surface area contributed by atoms with Gasteiger partial charge in [-0.25, -0.2) is 4.68 Å². The number of nitrogens with one attached hydrogen (secondary N) is 1. The smallest absolute Gasteiger partial charge is 0.312 e. The first-order chi connectivity index (χ1) is 14.2. The predicted molar refractivity (Wildman–Crippen MR) is 113 cm³/mol. The van der Waals surface area contributed by atoms with Crippen LogP contribution in [0.25, 0.3) is 15.7 Å². The molecule has 3 aliphatic rings. The molecule has 2 bridgehead atoms. The summed E-state index contributed by atoms with van der Waals surface area (Å²) in [5, 5.41) is 7.50. The fourth-order valence-electron chi connectivity index (χ4n) is 5.02. The van der Waals surface area contributed by atoms with Crippen LogP contribution in [0, 0.1) is 5.41 Å². The van der Waals surface area contributed by atoms with Crippen LogP contribution in [0.15, 0.2) is 16.9 Å². The molecule has 0 saturated heterocycles. The van der Waals surface area contributed by atoms with Gasteiger partial charge in [-0.05, 0) is 31.4 Å². The molecule has 158 valence electrons. The van der Waals surface area contributed by atoms with E-state index in [9.17, 15) is 14.4 Å². The van der Waals surface area contributed by atoms with Gasteiger partial charge in [0.15, 0.2) is 0 Å². The number of halogens is 1. The fraction of sp³-hybridized carbons (Fsp3) is 0.500. The summed E-state index contributed by atoms with van der Waals surface area (Å²) < 4.78 is 9.46. The molecule has 3 aliphatic carbocycles. The molecule has 3 aromatic heterocycles. The Labute approximate surface area is 180 Å². The highest BCUT2D eigenvalue weighted by Crippen LogP contribution is 2.67. The van der Waals surface area contributed by atoms with Crippen molar-refractivity contribution in [3.8, 4) is 0 Å². The molecule has 1 amide bonds. The quantitative estimate of drug-likeness (QED) is 0.605. The van der Waals surface area contributed by atoms with Crippen LogP contribution in [0.4, 0.5) is 0 Å². The van der Waals surface area contributed by atoms with Crippen molar-refractivity contribution in [1.29, 1.82) is 0 Å². The molecule has 0 atom stereocenters. The molecular weight excluding hydrogens is 428 g/mol. The Bertz CT molecular complexity index is 1270. The lowest BCUT2D eigenvalue weighted by Crippen LogP contribution is -2.77. The van der Waals surface area contributed by atoms with Gasteiger partial charge in [-0.2, -0.15) is 5.10 Å². The third-order valence-electron chi connectivity index (χ3n) is 6.23. The lowest BCUT2D eigenvalue weighted by Gasteiger charge is -2.68. The second-order valence-corrected chi connectivity index (χ2v) is 10.5. The van der Waals surface area contributed by atoms with E-state index in [1.54, 1.807) is 6.07 Å². The number of esters is 1. The molecule has 0 aromatic carbocycles. The fourth-order valence-corrected chi connectivity index (χ4v) is 6.18. The number of methoxy groups -OCH3 is 1. The Morgan fingerprint density at radius 1 is 1.30 bits per heavy atom. The number of fused-ring (bicyclic) bond motifs is 3. The number of ether oxygens (including phenoxy) is 1. The first-order valence-electron chi connectivity index (χ1n) is 9.78. The van der Waals surface area contributed by atoms with Gasteiger partial charge >= 0.3 is 5.97 Å². The number of hydrogen-bond donors (Lipinski definition) is 1. The van der Waals surface area contributed by atoms with Gasteiger partial charge in [0.05, 0.1) is 27.1 Å². The molecule has 0 radical (unpaired) electrons. The highest BCUT2D eigenvalue weighted by atomic mass is 35.5. The number of carbonyl (C=O) groups excluding carboxylic acids is 2. The Hall–Kier alpha value is -2.39. The van der Waals surface area contributed by atoms with Crippen molar-refractivity contribution in [3.05, 3.63) is 32.6 Å². The summed E-state index contributed by atoms with van der Waals surface area (Å²) in [5.41, 5.74) is 0.229. The van der Waals surface area contributed by atoms with Crippen molar-refractivity contribution in [2.45, 2.75) is 51.1 Å². The molecule has 6 rings (SSSR count). The zero-order valence-corrected chi connectivity index (χ0v) is 18.4. The van der Waals surface area contributed by atoms with Gasteiger partial charge in [-0.15, -0.1) is 11.3 Å². The first kappa shape index (κ1) is 19.6. The van der Waals surface area contributed by atoms with E-state index in [4.69, 9.17) is 16.3 Å². The van der Waals surface area contributed by atoms with E-state index in [0.717, 1.165) is 10.2 Å². The third-order valence-corrected chi connectivity index (χ3v) is 7.43. The summed E-state index contributed by atoms with van der Waals surface area (Å²) in [6.45, 7) is 3.82. The molecule has 30 heavy (non-hydrogen) atoms.